The molecule has 10 aromatic heterocycles. The Kier molecular flexibility index (Phi) is 39.7. The van der Waals surface area contributed by atoms with Crippen LogP contribution in [0.4, 0.5) is 0 Å². The predicted octanol–water partition coefficient (Wildman–Crippen LogP) is 32.1. The molecule has 4 radical (unpaired) electrons. The summed E-state index contributed by atoms with van der Waals surface area (Å²) < 4.78 is 14.4. The predicted molar refractivity (Wildman–Crippen MR) is 561 cm³/mol. The van der Waals surface area contributed by atoms with E-state index >= 15 is 0 Å². The molecule has 706 valence electrons. The monoisotopic (exact) mass is 2540 g/mol. The van der Waals surface area contributed by atoms with Gasteiger partial charge in [-0.05, 0) is 160 Å². The second-order valence-corrected chi connectivity index (χ2v) is 33.3. The van der Waals surface area contributed by atoms with Gasteiger partial charge >= 0.3 is 0 Å². The zero-order valence-electron chi connectivity index (χ0n) is 79.4. The quantitative estimate of drug-likeness (QED) is 0.103. The minimum Gasteiger partial charge on any atom is -0.501 e. The SMILES string of the molecule is CC(C)c1ccc(-c2[c-]ccc3c2oc2ccccc23)nc1.CC(C)c1cccc(C(C)C)c1-n1c(-c2[c-]cccc2)nc2ccccc21.Cc1cc(-c2[c-]cccc2)ncc1-c1ccccc1.Cc1cnc(-c2[c-]ccc3c2oc2ccccc23)cc1C.[Ir].[Ir].[Ir].[Ir].[c-]1ccccc1-c1ccccn1.[c-]1ccccc1-c1ccccn1.[c-]1ccccc1-c1ccccn1.[c-]1ccccc1-c1ccccn1. The number of fused-ring (bicyclic) bond motifs is 7. The summed E-state index contributed by atoms with van der Waals surface area (Å²) in [6, 6.07) is 154. The molecule has 10 heterocycles. The molecule has 0 aliphatic carbocycles. The molecular formula is C126H101Ir4N9O2-8. The number of imidazole rings is 1. The van der Waals surface area contributed by atoms with Crippen molar-refractivity contribution in [1.29, 1.82) is 0 Å². The van der Waals surface area contributed by atoms with E-state index in [1.54, 1.807) is 24.8 Å². The third-order valence-electron chi connectivity index (χ3n) is 22.9. The molecule has 0 aliphatic heterocycles. The summed E-state index contributed by atoms with van der Waals surface area (Å²) >= 11 is 0. The average molecular weight is 2540 g/mol. The Hall–Kier alpha value is -14.4. The van der Waals surface area contributed by atoms with Crippen LogP contribution < -0.4 is 0 Å². The van der Waals surface area contributed by atoms with E-state index in [1.807, 2.05) is 316 Å². The third-order valence-corrected chi connectivity index (χ3v) is 22.9. The topological polar surface area (TPSA) is 134 Å². The van der Waals surface area contributed by atoms with Crippen molar-refractivity contribution in [2.24, 2.45) is 0 Å². The Labute approximate surface area is 881 Å². The molecule has 23 rings (SSSR count). The second kappa shape index (κ2) is 53.1. The first kappa shape index (κ1) is 105. The van der Waals surface area contributed by atoms with Gasteiger partial charge in [-0.15, -0.1) is 252 Å². The third kappa shape index (κ3) is 27.4. The van der Waals surface area contributed by atoms with Crippen molar-refractivity contribution >= 4 is 54.9 Å². The number of furan rings is 2. The van der Waals surface area contributed by atoms with Crippen LogP contribution in [0.15, 0.2) is 440 Å². The molecule has 0 bridgehead atoms. The van der Waals surface area contributed by atoms with E-state index in [1.165, 1.54) is 50.2 Å². The molecular weight excluding hydrogens is 2440 g/mol. The molecule has 141 heavy (non-hydrogen) atoms. The van der Waals surface area contributed by atoms with Crippen LogP contribution in [0.2, 0.25) is 0 Å². The largest absolute Gasteiger partial charge is 0.501 e. The van der Waals surface area contributed by atoms with Crippen LogP contribution in [0.5, 0.6) is 0 Å². The van der Waals surface area contributed by atoms with Gasteiger partial charge in [-0.25, -0.2) is 0 Å². The molecule has 13 aromatic carbocycles. The number of benzene rings is 13. The number of rotatable bonds is 13. The summed E-state index contributed by atoms with van der Waals surface area (Å²) in [5, 5.41) is 4.48. The Morgan fingerprint density at radius 1 is 0.270 bits per heavy atom. The van der Waals surface area contributed by atoms with Crippen molar-refractivity contribution in [1.82, 2.24) is 44.4 Å². The molecule has 0 unspecified atom stereocenters. The van der Waals surface area contributed by atoms with Crippen molar-refractivity contribution in [2.75, 3.05) is 0 Å². The van der Waals surface area contributed by atoms with E-state index in [9.17, 15) is 0 Å². The Morgan fingerprint density at radius 3 is 1.05 bits per heavy atom. The zero-order chi connectivity index (χ0) is 94.4. The minimum absolute atomic E-state index is 0. The Morgan fingerprint density at radius 2 is 0.652 bits per heavy atom. The number of aryl methyl sites for hydroxylation is 3. The Balaban J connectivity index is 0.000000146. The van der Waals surface area contributed by atoms with Crippen LogP contribution in [0, 0.1) is 69.3 Å². The fourth-order valence-corrected chi connectivity index (χ4v) is 15.6. The molecule has 0 N–H and O–H groups in total. The fraction of sp³-hybridized carbons (Fsp3) is 0.0952. The van der Waals surface area contributed by atoms with Gasteiger partial charge in [0.2, 0.25) is 0 Å². The van der Waals surface area contributed by atoms with Gasteiger partial charge in [0.1, 0.15) is 11.2 Å². The maximum Gasteiger partial charge on any atom is 0.120 e. The van der Waals surface area contributed by atoms with Crippen LogP contribution >= 0.6 is 0 Å². The number of para-hydroxylation sites is 5. The number of pyridine rings is 7. The minimum atomic E-state index is 0. The summed E-state index contributed by atoms with van der Waals surface area (Å²) in [4.78, 5) is 35.6. The number of hydrogen-bond donors (Lipinski definition) is 0. The Bertz CT molecular complexity index is 7250. The van der Waals surface area contributed by atoms with E-state index in [0.717, 1.165) is 145 Å². The molecule has 15 heteroatoms. The molecule has 0 saturated carbocycles. The van der Waals surface area contributed by atoms with Crippen LogP contribution in [0.3, 0.4) is 0 Å². The van der Waals surface area contributed by atoms with E-state index in [4.69, 9.17) is 13.8 Å². The molecule has 0 spiro atoms. The van der Waals surface area contributed by atoms with Gasteiger partial charge in [-0.3, -0.25) is 4.98 Å². The van der Waals surface area contributed by atoms with E-state index in [2.05, 4.69) is 241 Å². The molecule has 0 fully saturated rings. The smallest absolute Gasteiger partial charge is 0.120 e. The van der Waals surface area contributed by atoms with Gasteiger partial charge in [0.25, 0.3) is 0 Å². The fourth-order valence-electron chi connectivity index (χ4n) is 15.6. The van der Waals surface area contributed by atoms with Crippen LogP contribution in [0.1, 0.15) is 92.7 Å². The molecule has 0 atom stereocenters. The van der Waals surface area contributed by atoms with Crippen molar-refractivity contribution in [3.8, 4) is 107 Å². The molecule has 11 nitrogen and oxygen atoms in total. The van der Waals surface area contributed by atoms with Crippen molar-refractivity contribution < 1.29 is 89.3 Å². The molecule has 0 saturated heterocycles. The first-order valence-electron chi connectivity index (χ1n) is 45.9. The summed E-state index contributed by atoms with van der Waals surface area (Å²) in [5.41, 5.74) is 31.6. The number of hydrogen-bond acceptors (Lipinski definition) is 10. The first-order chi connectivity index (χ1) is 67.3. The average Bonchev–Trinajstić information content (AvgIpc) is 1.61. The zero-order valence-corrected chi connectivity index (χ0v) is 89.0. The van der Waals surface area contributed by atoms with Gasteiger partial charge in [-0.1, -0.05) is 239 Å². The van der Waals surface area contributed by atoms with Gasteiger partial charge in [-0.2, -0.15) is 0 Å². The molecule has 0 amide bonds. The second-order valence-electron chi connectivity index (χ2n) is 33.3. The summed E-state index contributed by atoms with van der Waals surface area (Å²) in [6.07, 6.45) is 12.9. The summed E-state index contributed by atoms with van der Waals surface area (Å²) in [7, 11) is 0. The van der Waals surface area contributed by atoms with Gasteiger partial charge in [0, 0.05) is 146 Å². The van der Waals surface area contributed by atoms with Crippen LogP contribution in [-0.2, 0) is 80.4 Å². The molecule has 23 aromatic rings. The van der Waals surface area contributed by atoms with Crippen molar-refractivity contribution in [3.05, 3.63) is 514 Å². The van der Waals surface area contributed by atoms with Gasteiger partial charge in [0.15, 0.2) is 0 Å². The van der Waals surface area contributed by atoms with Gasteiger partial charge in [0.05, 0.1) is 28.0 Å². The number of aromatic nitrogens is 9. The standard InChI is InChI=1S/C25H25N2.C20H16NO.C19H14NO.C18H14N.4C11H8N.4Ir/c1-17(2)20-13-10-14-21(18(3)4)24(20)27-23-16-9-8-15-22(23)26-25(27)19-11-6-5-7-12-19;1-13(2)14-10-11-18(21-12-14)17-8-5-7-16-15-6-3-4-9-19(15)22-20(16)17;1-12-10-17(20-11-13(12)2)16-8-5-7-15-14-6-3-4-9-18(14)21-19(15)16;1-14-12-18(16-10-6-3-7-11-16)19-13-17(14)15-8-4-2-5-9-15;4*1-2-6-10(7-3-1)11-8-4-5-9-12-11;;;;/h5-11,13-18H,1-4H3;3-7,9-13H,1-2H3;3-7,9-11H,1-2H3;2-10,12-13H,1H3;4*1-6,8-9H;;;;/q8*-1;;;;. The van der Waals surface area contributed by atoms with E-state index < -0.39 is 0 Å². The van der Waals surface area contributed by atoms with E-state index in [-0.39, 0.29) is 80.4 Å². The van der Waals surface area contributed by atoms with Gasteiger partial charge < -0.3 is 48.3 Å². The van der Waals surface area contributed by atoms with E-state index in [0.29, 0.717) is 17.8 Å². The van der Waals surface area contributed by atoms with Crippen molar-refractivity contribution in [3.63, 3.8) is 0 Å². The summed E-state index contributed by atoms with van der Waals surface area (Å²) in [6.45, 7) is 19.7. The van der Waals surface area contributed by atoms with Crippen LogP contribution in [0.25, 0.3) is 162 Å². The maximum absolute atomic E-state index is 6.04. The first-order valence-corrected chi connectivity index (χ1v) is 45.9. The maximum atomic E-state index is 6.04. The van der Waals surface area contributed by atoms with Crippen LogP contribution in [-0.4, -0.2) is 44.4 Å². The molecule has 0 aliphatic rings. The normalized spacial score (nSPS) is 10.4. The number of nitrogens with zero attached hydrogens (tertiary/aromatic N) is 9. The summed E-state index contributed by atoms with van der Waals surface area (Å²) in [5.74, 6) is 2.28. The van der Waals surface area contributed by atoms with Crippen molar-refractivity contribution in [2.45, 2.75) is 80.1 Å².